The molecule has 2 atom stereocenters. The van der Waals surface area contributed by atoms with Crippen molar-refractivity contribution < 1.29 is 4.74 Å². The summed E-state index contributed by atoms with van der Waals surface area (Å²) in [4.78, 5) is 2.39. The largest absolute Gasteiger partial charge is 0.376 e. The van der Waals surface area contributed by atoms with Gasteiger partial charge in [-0.25, -0.2) is 0 Å². The summed E-state index contributed by atoms with van der Waals surface area (Å²) < 4.78 is 5.70. The monoisotopic (exact) mass is 276 g/mol. The van der Waals surface area contributed by atoms with E-state index < -0.39 is 0 Å². The van der Waals surface area contributed by atoms with E-state index in [0.29, 0.717) is 18.1 Å². The molecule has 1 heterocycles. The normalized spacial score (nSPS) is 22.4. The molecule has 0 bridgehead atoms. The average molecular weight is 276 g/mol. The molecule has 1 N–H and O–H groups in total. The number of nitrogens with one attached hydrogen (secondary N) is 1. The summed E-state index contributed by atoms with van der Waals surface area (Å²) in [5, 5.41) is 3.54. The second-order valence-corrected chi connectivity index (χ2v) is 6.20. The lowest BCUT2D eigenvalue weighted by Gasteiger charge is -2.30. The maximum Gasteiger partial charge on any atom is 0.0750 e. The van der Waals surface area contributed by atoms with E-state index >= 15 is 0 Å². The number of anilines is 1. The summed E-state index contributed by atoms with van der Waals surface area (Å²) in [5.41, 5.74) is 2.70. The fraction of sp³-hybridized carbons (Fsp3) is 0.647. The average Bonchev–Trinajstić information content (AvgIpc) is 2.84. The van der Waals surface area contributed by atoms with Crippen LogP contribution in [0.1, 0.15) is 32.8 Å². The number of hydrogen-bond donors (Lipinski definition) is 1. The summed E-state index contributed by atoms with van der Waals surface area (Å²) in [5.74, 6) is 0.683. The molecule has 1 aromatic carbocycles. The molecule has 0 saturated carbocycles. The molecule has 0 spiro atoms. The van der Waals surface area contributed by atoms with E-state index in [2.05, 4.69) is 62.3 Å². The van der Waals surface area contributed by atoms with Crippen molar-refractivity contribution in [1.82, 2.24) is 5.32 Å². The summed E-state index contributed by atoms with van der Waals surface area (Å²) in [6, 6.07) is 9.18. The molecule has 0 aliphatic carbocycles. The highest BCUT2D eigenvalue weighted by atomic mass is 16.5. The summed E-state index contributed by atoms with van der Waals surface area (Å²) in [6.45, 7) is 9.52. The Balaban J connectivity index is 2.06. The van der Waals surface area contributed by atoms with Gasteiger partial charge in [-0.3, -0.25) is 0 Å². The number of benzene rings is 1. The Morgan fingerprint density at radius 2 is 2.10 bits per heavy atom. The number of ether oxygens (including phenoxy) is 1. The molecule has 1 aliphatic rings. The molecular formula is C17H28N2O. The Bertz CT molecular complexity index is 419. The molecular weight excluding hydrogens is 248 g/mol. The van der Waals surface area contributed by atoms with Crippen LogP contribution in [-0.2, 0) is 11.3 Å². The number of rotatable bonds is 6. The highest BCUT2D eigenvalue weighted by Gasteiger charge is 2.28. The minimum Gasteiger partial charge on any atom is -0.376 e. The Morgan fingerprint density at radius 3 is 2.75 bits per heavy atom. The summed E-state index contributed by atoms with van der Waals surface area (Å²) in [7, 11) is 2.19. The Morgan fingerprint density at radius 1 is 1.35 bits per heavy atom. The fourth-order valence-corrected chi connectivity index (χ4v) is 2.91. The van der Waals surface area contributed by atoms with Crippen molar-refractivity contribution in [2.45, 2.75) is 45.9 Å². The van der Waals surface area contributed by atoms with Gasteiger partial charge in [-0.2, -0.15) is 0 Å². The van der Waals surface area contributed by atoms with E-state index in [-0.39, 0.29) is 0 Å². The van der Waals surface area contributed by atoms with Gasteiger partial charge in [0.15, 0.2) is 0 Å². The Kier molecular flexibility index (Phi) is 5.44. The third-order valence-electron chi connectivity index (χ3n) is 4.07. The van der Waals surface area contributed by atoms with Gasteiger partial charge in [-0.1, -0.05) is 32.0 Å². The molecule has 2 rings (SSSR count). The lowest BCUT2D eigenvalue weighted by molar-refractivity contribution is 0.118. The molecule has 1 aliphatic heterocycles. The van der Waals surface area contributed by atoms with Gasteiger partial charge in [0.1, 0.15) is 0 Å². The second kappa shape index (κ2) is 7.09. The van der Waals surface area contributed by atoms with Crippen LogP contribution in [0.15, 0.2) is 24.3 Å². The van der Waals surface area contributed by atoms with Crippen molar-refractivity contribution in [2.75, 3.05) is 25.1 Å². The van der Waals surface area contributed by atoms with Gasteiger partial charge in [0.2, 0.25) is 0 Å². The molecule has 112 valence electrons. The van der Waals surface area contributed by atoms with Crippen LogP contribution < -0.4 is 10.2 Å². The van der Waals surface area contributed by atoms with E-state index in [0.717, 1.165) is 26.1 Å². The van der Waals surface area contributed by atoms with Gasteiger partial charge < -0.3 is 15.0 Å². The van der Waals surface area contributed by atoms with E-state index in [9.17, 15) is 0 Å². The highest BCUT2D eigenvalue weighted by Crippen LogP contribution is 2.27. The smallest absolute Gasteiger partial charge is 0.0750 e. The van der Waals surface area contributed by atoms with E-state index in [1.807, 2.05) is 0 Å². The topological polar surface area (TPSA) is 24.5 Å². The van der Waals surface area contributed by atoms with Crippen molar-refractivity contribution in [1.29, 1.82) is 0 Å². The van der Waals surface area contributed by atoms with Crippen LogP contribution in [0.3, 0.4) is 0 Å². The lowest BCUT2D eigenvalue weighted by atomic mass is 10.1. The minimum atomic E-state index is 0.316. The highest BCUT2D eigenvalue weighted by molar-refractivity contribution is 5.54. The molecule has 3 nitrogen and oxygen atoms in total. The molecule has 0 radical (unpaired) electrons. The zero-order chi connectivity index (χ0) is 14.5. The number of likely N-dealkylation sites (N-methyl/N-ethyl adjacent to an activating group) is 1. The van der Waals surface area contributed by atoms with Crippen LogP contribution in [0.4, 0.5) is 5.69 Å². The molecule has 1 aromatic rings. The first kappa shape index (κ1) is 15.3. The SMILES string of the molecule is CC(C)CNCc1ccccc1N(C)C1CCOC1C. The predicted octanol–water partition coefficient (Wildman–Crippen LogP) is 3.05. The van der Waals surface area contributed by atoms with Gasteiger partial charge >= 0.3 is 0 Å². The number of nitrogens with zero attached hydrogens (tertiary/aromatic N) is 1. The maximum atomic E-state index is 5.70. The van der Waals surface area contributed by atoms with Gasteiger partial charge in [-0.15, -0.1) is 0 Å². The lowest BCUT2D eigenvalue weighted by Crippen LogP contribution is -2.37. The standard InChI is InChI=1S/C17H28N2O/c1-13(2)11-18-12-15-7-5-6-8-17(15)19(4)16-9-10-20-14(16)3/h5-8,13-14,16,18H,9-12H2,1-4H3. The second-order valence-electron chi connectivity index (χ2n) is 6.20. The molecule has 2 unspecified atom stereocenters. The summed E-state index contributed by atoms with van der Waals surface area (Å²) >= 11 is 0. The van der Waals surface area contributed by atoms with Gasteiger partial charge in [-0.05, 0) is 37.4 Å². The zero-order valence-electron chi connectivity index (χ0n) is 13.2. The Labute approximate surface area is 123 Å². The molecule has 0 amide bonds. The first-order valence-electron chi connectivity index (χ1n) is 7.72. The minimum absolute atomic E-state index is 0.316. The predicted molar refractivity (Wildman–Crippen MR) is 85.2 cm³/mol. The van der Waals surface area contributed by atoms with Gasteiger partial charge in [0.25, 0.3) is 0 Å². The Hall–Kier alpha value is -1.06. The van der Waals surface area contributed by atoms with E-state index in [1.54, 1.807) is 0 Å². The molecule has 20 heavy (non-hydrogen) atoms. The van der Waals surface area contributed by atoms with Crippen molar-refractivity contribution >= 4 is 5.69 Å². The maximum absolute atomic E-state index is 5.70. The van der Waals surface area contributed by atoms with Crippen molar-refractivity contribution in [2.24, 2.45) is 5.92 Å². The van der Waals surface area contributed by atoms with Gasteiger partial charge in [0, 0.05) is 25.9 Å². The van der Waals surface area contributed by atoms with Crippen LogP contribution in [0.2, 0.25) is 0 Å². The molecule has 1 fully saturated rings. The first-order valence-corrected chi connectivity index (χ1v) is 7.72. The third kappa shape index (κ3) is 3.74. The van der Waals surface area contributed by atoms with Gasteiger partial charge in [0.05, 0.1) is 12.1 Å². The van der Waals surface area contributed by atoms with Crippen molar-refractivity contribution in [3.8, 4) is 0 Å². The number of hydrogen-bond acceptors (Lipinski definition) is 3. The number of para-hydroxylation sites is 1. The van der Waals surface area contributed by atoms with Crippen LogP contribution >= 0.6 is 0 Å². The fourth-order valence-electron chi connectivity index (χ4n) is 2.91. The summed E-state index contributed by atoms with van der Waals surface area (Å²) in [6.07, 6.45) is 1.43. The van der Waals surface area contributed by atoms with Crippen molar-refractivity contribution in [3.63, 3.8) is 0 Å². The van der Waals surface area contributed by atoms with Crippen molar-refractivity contribution in [3.05, 3.63) is 29.8 Å². The third-order valence-corrected chi connectivity index (χ3v) is 4.07. The molecule has 3 heteroatoms. The van der Waals surface area contributed by atoms with E-state index in [1.165, 1.54) is 11.3 Å². The van der Waals surface area contributed by atoms with Crippen LogP contribution in [0.25, 0.3) is 0 Å². The van der Waals surface area contributed by atoms with E-state index in [4.69, 9.17) is 4.74 Å². The first-order chi connectivity index (χ1) is 9.59. The van der Waals surface area contributed by atoms with Crippen LogP contribution in [0.5, 0.6) is 0 Å². The zero-order valence-corrected chi connectivity index (χ0v) is 13.2. The quantitative estimate of drug-likeness (QED) is 0.864. The van der Waals surface area contributed by atoms with Crippen LogP contribution in [-0.4, -0.2) is 32.3 Å². The molecule has 0 aromatic heterocycles. The molecule has 1 saturated heterocycles. The van der Waals surface area contributed by atoms with Crippen LogP contribution in [0, 0.1) is 5.92 Å².